The second-order valence-electron chi connectivity index (χ2n) is 9.03. The average molecular weight is 366 g/mol. The van der Waals surface area contributed by atoms with Crippen LogP contribution in [0, 0.1) is 0 Å². The SMILES string of the molecule is CCn1c(C2=CC[C@H](B3OC(C)(C)C(C)(C)O3)C=C2)nc2c1[C@@H](C)CC=C2. The summed E-state index contributed by atoms with van der Waals surface area (Å²) in [6, 6.07) is 0. The van der Waals surface area contributed by atoms with Crippen molar-refractivity contribution in [3.63, 3.8) is 0 Å². The fraction of sp³-hybridized carbons (Fsp3) is 0.591. The van der Waals surface area contributed by atoms with E-state index in [0.717, 1.165) is 30.9 Å². The summed E-state index contributed by atoms with van der Waals surface area (Å²) in [5, 5.41) is 0. The zero-order valence-corrected chi connectivity index (χ0v) is 17.5. The van der Waals surface area contributed by atoms with Crippen LogP contribution in [-0.2, 0) is 15.9 Å². The van der Waals surface area contributed by atoms with Crippen LogP contribution in [0.1, 0.15) is 77.5 Å². The van der Waals surface area contributed by atoms with Crippen LogP contribution in [0.15, 0.2) is 24.3 Å². The first-order chi connectivity index (χ1) is 12.7. The Morgan fingerprint density at radius 2 is 1.85 bits per heavy atom. The highest BCUT2D eigenvalue weighted by Crippen LogP contribution is 2.43. The molecular weight excluding hydrogens is 335 g/mol. The number of hydrogen-bond acceptors (Lipinski definition) is 3. The van der Waals surface area contributed by atoms with Gasteiger partial charge in [-0.3, -0.25) is 0 Å². The van der Waals surface area contributed by atoms with E-state index >= 15 is 0 Å². The molecule has 0 bridgehead atoms. The maximum Gasteiger partial charge on any atom is 0.465 e. The monoisotopic (exact) mass is 366 g/mol. The van der Waals surface area contributed by atoms with Gasteiger partial charge in [0.15, 0.2) is 0 Å². The van der Waals surface area contributed by atoms with Gasteiger partial charge in [0.05, 0.1) is 16.9 Å². The third-order valence-corrected chi connectivity index (χ3v) is 6.60. The molecule has 3 aliphatic rings. The summed E-state index contributed by atoms with van der Waals surface area (Å²) in [5.74, 6) is 1.86. The summed E-state index contributed by atoms with van der Waals surface area (Å²) < 4.78 is 14.9. The summed E-state index contributed by atoms with van der Waals surface area (Å²) in [5.41, 5.74) is 3.15. The van der Waals surface area contributed by atoms with Gasteiger partial charge in [-0.2, -0.15) is 0 Å². The first-order valence-electron chi connectivity index (χ1n) is 10.2. The van der Waals surface area contributed by atoms with E-state index in [1.807, 2.05) is 0 Å². The largest absolute Gasteiger partial charge is 0.465 e. The van der Waals surface area contributed by atoms with Gasteiger partial charge in [-0.05, 0) is 53.5 Å². The third-order valence-electron chi connectivity index (χ3n) is 6.60. The van der Waals surface area contributed by atoms with E-state index in [1.54, 1.807) is 0 Å². The molecule has 4 rings (SSSR count). The number of hydrogen-bond donors (Lipinski definition) is 0. The van der Waals surface area contributed by atoms with Gasteiger partial charge in [0, 0.05) is 29.5 Å². The van der Waals surface area contributed by atoms with Gasteiger partial charge in [0.2, 0.25) is 0 Å². The zero-order chi connectivity index (χ0) is 19.4. The van der Waals surface area contributed by atoms with Crippen molar-refractivity contribution in [1.29, 1.82) is 0 Å². The van der Waals surface area contributed by atoms with Crippen molar-refractivity contribution in [3.05, 3.63) is 41.5 Å². The molecule has 5 heteroatoms. The number of rotatable bonds is 3. The van der Waals surface area contributed by atoms with E-state index in [-0.39, 0.29) is 24.1 Å². The summed E-state index contributed by atoms with van der Waals surface area (Å²) >= 11 is 0. The fourth-order valence-electron chi connectivity index (χ4n) is 4.23. The van der Waals surface area contributed by atoms with E-state index in [1.165, 1.54) is 11.3 Å². The quantitative estimate of drug-likeness (QED) is 0.688. The van der Waals surface area contributed by atoms with E-state index in [9.17, 15) is 0 Å². The normalized spacial score (nSPS) is 28.4. The fourth-order valence-corrected chi connectivity index (χ4v) is 4.23. The van der Waals surface area contributed by atoms with Gasteiger partial charge in [0.25, 0.3) is 0 Å². The Labute approximate surface area is 163 Å². The molecule has 1 saturated heterocycles. The van der Waals surface area contributed by atoms with Crippen molar-refractivity contribution in [1.82, 2.24) is 9.55 Å². The van der Waals surface area contributed by atoms with Crippen LogP contribution < -0.4 is 0 Å². The minimum atomic E-state index is -0.282. The molecule has 1 fully saturated rings. The van der Waals surface area contributed by atoms with Gasteiger partial charge in [-0.25, -0.2) is 4.98 Å². The smallest absolute Gasteiger partial charge is 0.403 e. The summed E-state index contributed by atoms with van der Waals surface area (Å²) in [4.78, 5) is 4.96. The second-order valence-corrected chi connectivity index (χ2v) is 9.03. The molecule has 27 heavy (non-hydrogen) atoms. The molecule has 2 atom stereocenters. The lowest BCUT2D eigenvalue weighted by Crippen LogP contribution is -2.41. The molecule has 1 aromatic rings. The predicted molar refractivity (Wildman–Crippen MR) is 112 cm³/mol. The molecule has 0 saturated carbocycles. The van der Waals surface area contributed by atoms with E-state index in [0.29, 0.717) is 5.92 Å². The van der Waals surface area contributed by atoms with E-state index in [4.69, 9.17) is 14.3 Å². The summed E-state index contributed by atoms with van der Waals surface area (Å²) in [6.45, 7) is 13.9. The average Bonchev–Trinajstić information content (AvgIpc) is 3.10. The lowest BCUT2D eigenvalue weighted by molar-refractivity contribution is 0.00578. The van der Waals surface area contributed by atoms with Crippen LogP contribution in [0.2, 0.25) is 5.82 Å². The topological polar surface area (TPSA) is 36.3 Å². The standard InChI is InChI=1S/C22H31BN2O2/c1-7-25-19-15(2)9-8-10-18(19)24-20(25)16-11-13-17(14-12-16)23-26-21(3,4)22(5,6)27-23/h8,10-13,15,17H,7,9,14H2,1-6H3/t15-,17+/m0/s1. The van der Waals surface area contributed by atoms with Crippen LogP contribution in [0.25, 0.3) is 11.6 Å². The zero-order valence-electron chi connectivity index (χ0n) is 17.5. The molecular formula is C22H31BN2O2. The first kappa shape index (κ1) is 18.8. The molecule has 1 aliphatic heterocycles. The maximum absolute atomic E-state index is 6.24. The maximum atomic E-state index is 6.24. The Morgan fingerprint density at radius 1 is 1.15 bits per heavy atom. The number of allylic oxidation sites excluding steroid dienone is 5. The highest BCUT2D eigenvalue weighted by Gasteiger charge is 2.53. The lowest BCUT2D eigenvalue weighted by Gasteiger charge is -2.32. The minimum Gasteiger partial charge on any atom is -0.403 e. The van der Waals surface area contributed by atoms with Crippen molar-refractivity contribution in [3.8, 4) is 0 Å². The molecule has 0 radical (unpaired) electrons. The van der Waals surface area contributed by atoms with Gasteiger partial charge in [-0.1, -0.05) is 31.2 Å². The van der Waals surface area contributed by atoms with Crippen molar-refractivity contribution >= 4 is 18.8 Å². The van der Waals surface area contributed by atoms with Crippen LogP contribution in [0.5, 0.6) is 0 Å². The van der Waals surface area contributed by atoms with Crippen LogP contribution >= 0.6 is 0 Å². The minimum absolute atomic E-state index is 0.189. The van der Waals surface area contributed by atoms with Gasteiger partial charge in [0.1, 0.15) is 5.82 Å². The van der Waals surface area contributed by atoms with Gasteiger partial charge < -0.3 is 13.9 Å². The van der Waals surface area contributed by atoms with Crippen LogP contribution in [-0.4, -0.2) is 27.9 Å². The summed E-state index contributed by atoms with van der Waals surface area (Å²) in [6.07, 6.45) is 13.2. The van der Waals surface area contributed by atoms with Crippen LogP contribution in [0.4, 0.5) is 0 Å². The Morgan fingerprint density at radius 3 is 2.44 bits per heavy atom. The molecule has 0 aromatic carbocycles. The van der Waals surface area contributed by atoms with Crippen molar-refractivity contribution in [2.45, 2.75) is 83.9 Å². The molecule has 0 N–H and O–H groups in total. The van der Waals surface area contributed by atoms with E-state index in [2.05, 4.69) is 76.5 Å². The highest BCUT2D eigenvalue weighted by molar-refractivity contribution is 6.48. The highest BCUT2D eigenvalue weighted by atomic mass is 16.7. The molecule has 0 amide bonds. The summed E-state index contributed by atoms with van der Waals surface area (Å²) in [7, 11) is -0.189. The number of nitrogens with zero attached hydrogens (tertiary/aromatic N) is 2. The van der Waals surface area contributed by atoms with Crippen molar-refractivity contribution in [2.24, 2.45) is 0 Å². The predicted octanol–water partition coefficient (Wildman–Crippen LogP) is 5.23. The van der Waals surface area contributed by atoms with Crippen LogP contribution in [0.3, 0.4) is 0 Å². The molecule has 2 heterocycles. The Bertz CT molecular complexity index is 816. The lowest BCUT2D eigenvalue weighted by atomic mass is 9.68. The van der Waals surface area contributed by atoms with Gasteiger partial charge in [-0.15, -0.1) is 0 Å². The Kier molecular flexibility index (Phi) is 4.51. The molecule has 144 valence electrons. The molecule has 4 nitrogen and oxygen atoms in total. The molecule has 2 aliphatic carbocycles. The third kappa shape index (κ3) is 3.05. The van der Waals surface area contributed by atoms with Crippen molar-refractivity contribution < 1.29 is 9.31 Å². The van der Waals surface area contributed by atoms with Gasteiger partial charge >= 0.3 is 7.12 Å². The first-order valence-corrected chi connectivity index (χ1v) is 10.2. The van der Waals surface area contributed by atoms with Crippen molar-refractivity contribution in [2.75, 3.05) is 0 Å². The molecule has 0 unspecified atom stereocenters. The Balaban J connectivity index is 1.56. The van der Waals surface area contributed by atoms with E-state index < -0.39 is 0 Å². The number of fused-ring (bicyclic) bond motifs is 1. The Hall–Kier alpha value is -1.59. The second kappa shape index (κ2) is 6.49. The molecule has 0 spiro atoms. The number of imidazole rings is 1. The number of aromatic nitrogens is 2. The molecule has 1 aromatic heterocycles.